The Morgan fingerprint density at radius 1 is 1.00 bits per heavy atom. The van der Waals surface area contributed by atoms with Crippen LogP contribution in [-0.4, -0.2) is 19.2 Å². The molecule has 0 amide bonds. The Balaban J connectivity index is 1.80. The van der Waals surface area contributed by atoms with Gasteiger partial charge in [-0.25, -0.2) is 0 Å². The lowest BCUT2D eigenvalue weighted by molar-refractivity contribution is -0.143. The van der Waals surface area contributed by atoms with Crippen LogP contribution in [-0.2, 0) is 9.53 Å². The third-order valence-electron chi connectivity index (χ3n) is 2.80. The summed E-state index contributed by atoms with van der Waals surface area (Å²) in [5, 5.41) is 3.29. The summed E-state index contributed by atoms with van der Waals surface area (Å²) in [6.45, 7) is 2.51. The molecule has 0 atom stereocenters. The predicted molar refractivity (Wildman–Crippen MR) is 82.9 cm³/mol. The molecule has 0 fully saturated rings. The highest BCUT2D eigenvalue weighted by Gasteiger charge is 2.02. The number of hydrogen-bond donors (Lipinski definition) is 1. The van der Waals surface area contributed by atoms with E-state index in [-0.39, 0.29) is 12.4 Å². The van der Waals surface area contributed by atoms with E-state index in [0.29, 0.717) is 13.2 Å². The molecule has 0 saturated carbocycles. The predicted octanol–water partition coefficient (Wildman–Crippen LogP) is 3.76. The van der Waals surface area contributed by atoms with Crippen LogP contribution in [0.1, 0.15) is 13.3 Å². The molecule has 0 saturated heterocycles. The molecular weight excluding hydrogens is 266 g/mol. The van der Waals surface area contributed by atoms with Crippen molar-refractivity contribution in [2.45, 2.75) is 13.3 Å². The van der Waals surface area contributed by atoms with E-state index in [1.807, 2.05) is 54.6 Å². The fourth-order valence-corrected chi connectivity index (χ4v) is 1.81. The van der Waals surface area contributed by atoms with Gasteiger partial charge in [-0.3, -0.25) is 4.79 Å². The zero-order valence-electron chi connectivity index (χ0n) is 12.0. The minimum absolute atomic E-state index is 0.236. The Labute approximate surface area is 124 Å². The van der Waals surface area contributed by atoms with Crippen LogP contribution in [0.5, 0.6) is 5.75 Å². The van der Waals surface area contributed by atoms with Gasteiger partial charge in [0.25, 0.3) is 0 Å². The number of esters is 1. The smallest absolute Gasteiger partial charge is 0.309 e. The van der Waals surface area contributed by atoms with Gasteiger partial charge < -0.3 is 14.8 Å². The average Bonchev–Trinajstić information content (AvgIpc) is 2.50. The van der Waals surface area contributed by atoms with Crippen LogP contribution < -0.4 is 10.1 Å². The van der Waals surface area contributed by atoms with E-state index >= 15 is 0 Å². The van der Waals surface area contributed by atoms with Crippen LogP contribution in [0, 0.1) is 0 Å². The van der Waals surface area contributed by atoms with Crippen molar-refractivity contribution in [3.63, 3.8) is 0 Å². The highest BCUT2D eigenvalue weighted by Crippen LogP contribution is 2.19. The number of carbonyl (C=O) groups is 1. The third-order valence-corrected chi connectivity index (χ3v) is 2.80. The lowest BCUT2D eigenvalue weighted by Gasteiger charge is -2.09. The molecule has 0 radical (unpaired) electrons. The summed E-state index contributed by atoms with van der Waals surface area (Å²) < 4.78 is 10.3. The van der Waals surface area contributed by atoms with E-state index in [2.05, 4.69) is 5.32 Å². The summed E-state index contributed by atoms with van der Waals surface area (Å²) in [5.74, 6) is 0.498. The number of nitrogens with one attached hydrogen (secondary N) is 1. The molecule has 0 heterocycles. The van der Waals surface area contributed by atoms with E-state index in [9.17, 15) is 4.79 Å². The molecule has 0 spiro atoms. The second-order valence-corrected chi connectivity index (χ2v) is 4.42. The number of carbonyl (C=O) groups excluding carboxylic acids is 1. The average molecular weight is 285 g/mol. The van der Waals surface area contributed by atoms with Crippen molar-refractivity contribution in [2.24, 2.45) is 0 Å². The van der Waals surface area contributed by atoms with Gasteiger partial charge in [-0.05, 0) is 43.3 Å². The van der Waals surface area contributed by atoms with Gasteiger partial charge in [-0.1, -0.05) is 18.2 Å². The minimum Gasteiger partial charge on any atom is -0.493 e. The number of para-hydroxylation sites is 1. The maximum absolute atomic E-state index is 11.2. The number of rotatable bonds is 7. The van der Waals surface area contributed by atoms with E-state index < -0.39 is 0 Å². The first kappa shape index (κ1) is 14.9. The van der Waals surface area contributed by atoms with Gasteiger partial charge in [0.2, 0.25) is 0 Å². The molecule has 110 valence electrons. The highest BCUT2D eigenvalue weighted by atomic mass is 16.5. The van der Waals surface area contributed by atoms with Crippen molar-refractivity contribution >= 4 is 17.3 Å². The van der Waals surface area contributed by atoms with Crippen LogP contribution in [0.15, 0.2) is 54.6 Å². The maximum atomic E-state index is 11.2. The first-order valence-corrected chi connectivity index (χ1v) is 6.98. The summed E-state index contributed by atoms with van der Waals surface area (Å²) in [6, 6.07) is 17.6. The summed E-state index contributed by atoms with van der Waals surface area (Å²) in [7, 11) is 0. The molecule has 2 aromatic rings. The van der Waals surface area contributed by atoms with Crippen LogP contribution >= 0.6 is 0 Å². The molecule has 1 N–H and O–H groups in total. The molecular formula is C17H19NO3. The van der Waals surface area contributed by atoms with Gasteiger partial charge in [0, 0.05) is 11.4 Å². The van der Waals surface area contributed by atoms with Crippen molar-refractivity contribution < 1.29 is 14.3 Å². The molecule has 0 aliphatic carbocycles. The number of hydrogen-bond acceptors (Lipinski definition) is 4. The third kappa shape index (κ3) is 5.18. The Morgan fingerprint density at radius 2 is 1.67 bits per heavy atom. The molecule has 0 bridgehead atoms. The SMILES string of the molecule is CCOC(=O)CCOc1ccc(Nc2ccccc2)cc1. The normalized spacial score (nSPS) is 9.95. The fourth-order valence-electron chi connectivity index (χ4n) is 1.81. The second kappa shape index (κ2) is 7.94. The van der Waals surface area contributed by atoms with Crippen molar-refractivity contribution in [2.75, 3.05) is 18.5 Å². The first-order chi connectivity index (χ1) is 10.3. The fraction of sp³-hybridized carbons (Fsp3) is 0.235. The molecule has 21 heavy (non-hydrogen) atoms. The Kier molecular flexibility index (Phi) is 5.64. The largest absolute Gasteiger partial charge is 0.493 e. The van der Waals surface area contributed by atoms with Crippen molar-refractivity contribution in [1.29, 1.82) is 0 Å². The quantitative estimate of drug-likeness (QED) is 0.787. The molecule has 0 aliphatic heterocycles. The van der Waals surface area contributed by atoms with Crippen LogP contribution in [0.3, 0.4) is 0 Å². The second-order valence-electron chi connectivity index (χ2n) is 4.42. The first-order valence-electron chi connectivity index (χ1n) is 6.98. The van der Waals surface area contributed by atoms with Gasteiger partial charge in [-0.2, -0.15) is 0 Å². The van der Waals surface area contributed by atoms with Crippen molar-refractivity contribution in [3.05, 3.63) is 54.6 Å². The van der Waals surface area contributed by atoms with Gasteiger partial charge in [0.1, 0.15) is 5.75 Å². The number of anilines is 2. The van der Waals surface area contributed by atoms with Crippen molar-refractivity contribution in [1.82, 2.24) is 0 Å². The van der Waals surface area contributed by atoms with Gasteiger partial charge >= 0.3 is 5.97 Å². The van der Waals surface area contributed by atoms with Crippen molar-refractivity contribution in [3.8, 4) is 5.75 Å². The Bertz CT molecular complexity index is 552. The van der Waals surface area contributed by atoms with Gasteiger partial charge in [0.05, 0.1) is 19.6 Å². The summed E-state index contributed by atoms with van der Waals surface area (Å²) >= 11 is 0. The molecule has 0 aliphatic rings. The topological polar surface area (TPSA) is 47.6 Å². The van der Waals surface area contributed by atoms with Gasteiger partial charge in [-0.15, -0.1) is 0 Å². The summed E-state index contributed by atoms with van der Waals surface area (Å²) in [6.07, 6.45) is 0.262. The van der Waals surface area contributed by atoms with E-state index in [4.69, 9.17) is 9.47 Å². The highest BCUT2D eigenvalue weighted by molar-refractivity contribution is 5.69. The molecule has 2 rings (SSSR count). The van der Waals surface area contributed by atoms with Crippen LogP contribution in [0.2, 0.25) is 0 Å². The maximum Gasteiger partial charge on any atom is 0.309 e. The molecule has 4 heteroatoms. The van der Waals surface area contributed by atoms with Crippen LogP contribution in [0.25, 0.3) is 0 Å². The zero-order chi connectivity index (χ0) is 14.9. The number of benzene rings is 2. The molecule has 0 unspecified atom stereocenters. The van der Waals surface area contributed by atoms with Crippen LogP contribution in [0.4, 0.5) is 11.4 Å². The number of ether oxygens (including phenoxy) is 2. The molecule has 2 aromatic carbocycles. The Hall–Kier alpha value is -2.49. The van der Waals surface area contributed by atoms with E-state index in [1.54, 1.807) is 6.92 Å². The standard InChI is InChI=1S/C17H19NO3/c1-2-20-17(19)12-13-21-16-10-8-15(9-11-16)18-14-6-4-3-5-7-14/h3-11,18H,2,12-13H2,1H3. The van der Waals surface area contributed by atoms with E-state index in [0.717, 1.165) is 17.1 Å². The lowest BCUT2D eigenvalue weighted by atomic mass is 10.2. The summed E-state index contributed by atoms with van der Waals surface area (Å²) in [4.78, 5) is 11.2. The van der Waals surface area contributed by atoms with E-state index in [1.165, 1.54) is 0 Å². The zero-order valence-corrected chi connectivity index (χ0v) is 12.0. The minimum atomic E-state index is -0.236. The summed E-state index contributed by atoms with van der Waals surface area (Å²) in [5.41, 5.74) is 2.02. The molecule has 0 aromatic heterocycles. The Morgan fingerprint density at radius 3 is 2.33 bits per heavy atom. The lowest BCUT2D eigenvalue weighted by Crippen LogP contribution is -2.09. The monoisotopic (exact) mass is 285 g/mol. The van der Waals surface area contributed by atoms with Gasteiger partial charge in [0.15, 0.2) is 0 Å². The molecule has 4 nitrogen and oxygen atoms in total.